The van der Waals surface area contributed by atoms with Gasteiger partial charge < -0.3 is 27.6 Å². The Morgan fingerprint density at radius 3 is 1.14 bits per heavy atom. The van der Waals surface area contributed by atoms with Crippen molar-refractivity contribution in [3.63, 3.8) is 0 Å². The topological polar surface area (TPSA) is 101 Å². The highest BCUT2D eigenvalue weighted by molar-refractivity contribution is 6.11. The van der Waals surface area contributed by atoms with Crippen molar-refractivity contribution in [1.82, 2.24) is 20.0 Å². The lowest BCUT2D eigenvalue weighted by atomic mass is 10.0. The zero-order valence-corrected chi connectivity index (χ0v) is 43.1. The van der Waals surface area contributed by atoms with Crippen molar-refractivity contribution in [3.8, 4) is 84.9 Å². The van der Waals surface area contributed by atoms with Crippen LogP contribution in [0.5, 0.6) is 11.5 Å². The molecule has 0 aliphatic carbocycles. The highest BCUT2D eigenvalue weighted by atomic mass is 16.5. The number of nitrogens with zero attached hydrogens (tertiary/aromatic N) is 4. The molecule has 0 atom stereocenters. The van der Waals surface area contributed by atoms with Gasteiger partial charge in [-0.1, -0.05) is 162 Å². The minimum atomic E-state index is 0.685. The number of rotatable bonds is 27. The van der Waals surface area contributed by atoms with Crippen LogP contribution in [-0.2, 0) is 0 Å². The van der Waals surface area contributed by atoms with E-state index >= 15 is 0 Å². The maximum Gasteiger partial charge on any atom is 0.167 e. The van der Waals surface area contributed by atoms with E-state index in [1.165, 1.54) is 89.9 Å². The van der Waals surface area contributed by atoms with Crippen molar-refractivity contribution >= 4 is 21.8 Å². The Morgan fingerprint density at radius 2 is 0.716 bits per heavy atom. The van der Waals surface area contributed by atoms with Gasteiger partial charge in [0.1, 0.15) is 28.6 Å². The molecule has 0 saturated carbocycles. The van der Waals surface area contributed by atoms with E-state index in [0.717, 1.165) is 121 Å². The molecule has 9 heteroatoms. The molecule has 0 N–H and O–H groups in total. The first-order valence-electron chi connectivity index (χ1n) is 27.2. The second-order valence-corrected chi connectivity index (χ2v) is 19.6. The fraction of sp³-hybridized carbons (Fsp3) is 0.308. The molecule has 0 radical (unpaired) electrons. The van der Waals surface area contributed by atoms with Crippen molar-refractivity contribution < 1.29 is 23.0 Å². The number of aromatic nitrogens is 4. The van der Waals surface area contributed by atoms with Crippen molar-refractivity contribution in [3.05, 3.63) is 158 Å². The molecular weight excluding hydrogens is 917 g/mol. The second-order valence-electron chi connectivity index (χ2n) is 19.6. The van der Waals surface area contributed by atoms with Gasteiger partial charge in [0.2, 0.25) is 0 Å². The summed E-state index contributed by atoms with van der Waals surface area (Å²) >= 11 is 0. The molecule has 74 heavy (non-hydrogen) atoms. The van der Waals surface area contributed by atoms with Gasteiger partial charge in [0, 0.05) is 68.0 Å². The number of hydrogen-bond donors (Lipinski definition) is 0. The smallest absolute Gasteiger partial charge is 0.167 e. The molecule has 0 saturated heterocycles. The predicted octanol–water partition coefficient (Wildman–Crippen LogP) is 18.8. The van der Waals surface area contributed by atoms with E-state index in [9.17, 15) is 0 Å². The predicted molar refractivity (Wildman–Crippen MR) is 300 cm³/mol. The number of hydrogen-bond acceptors (Lipinski definition) is 8. The molecule has 6 aromatic carbocycles. The Morgan fingerprint density at radius 1 is 0.351 bits per heavy atom. The lowest BCUT2D eigenvalue weighted by molar-refractivity contribution is 0.304. The maximum atomic E-state index is 6.09. The lowest BCUT2D eigenvalue weighted by Crippen LogP contribution is -1.97. The summed E-state index contributed by atoms with van der Waals surface area (Å²) in [6.07, 6.45) is 20.4. The Hall–Kier alpha value is -7.65. The quantitative estimate of drug-likeness (QED) is 0.0470. The van der Waals surface area contributed by atoms with Gasteiger partial charge in [-0.2, -0.15) is 0 Å². The Balaban J connectivity index is 0.879. The Kier molecular flexibility index (Phi) is 16.8. The first-order chi connectivity index (χ1) is 36.6. The van der Waals surface area contributed by atoms with Crippen molar-refractivity contribution in [1.29, 1.82) is 0 Å². The molecule has 0 aliphatic heterocycles. The summed E-state index contributed by atoms with van der Waals surface area (Å²) in [6, 6.07) is 53.8. The van der Waals surface area contributed by atoms with Crippen molar-refractivity contribution in [2.75, 3.05) is 13.2 Å². The zero-order chi connectivity index (χ0) is 50.3. The highest BCUT2D eigenvalue weighted by Crippen LogP contribution is 2.39. The summed E-state index contributed by atoms with van der Waals surface area (Å²) in [5, 5.41) is 15.6. The minimum absolute atomic E-state index is 0.685. The fourth-order valence-electron chi connectivity index (χ4n) is 9.93. The van der Waals surface area contributed by atoms with Crippen LogP contribution in [0.25, 0.3) is 95.2 Å². The van der Waals surface area contributed by atoms with Gasteiger partial charge in [-0.05, 0) is 110 Å². The zero-order valence-electron chi connectivity index (χ0n) is 43.1. The van der Waals surface area contributed by atoms with Crippen LogP contribution < -0.4 is 9.47 Å². The van der Waals surface area contributed by atoms with Crippen LogP contribution in [0.15, 0.2) is 171 Å². The van der Waals surface area contributed by atoms with Crippen LogP contribution in [0.4, 0.5) is 0 Å². The van der Waals surface area contributed by atoms with Crippen LogP contribution in [0.1, 0.15) is 117 Å². The molecule has 0 bridgehead atoms. The maximum absolute atomic E-state index is 6.09. The standard InChI is InChI=1S/C65H68N4O5/c1-3-5-7-9-11-13-15-20-40-70-54-34-26-48(27-35-54)59-45-64(73-67-59)51-30-38-61-56(42-51)57-43-52(65-46-60(68-74-65)49-28-36-55(37-29-49)71-41-21-16-14-12-10-8-6-4-2)31-39-62(57)69(61)53-32-24-47(25-33-53)58-44-63(72-66-58)50-22-18-17-19-23-50/h17-19,22-39,42-46H,3-16,20-21,40-41H2,1-2H3. The van der Waals surface area contributed by atoms with Gasteiger partial charge in [-0.15, -0.1) is 0 Å². The Bertz CT molecular complexity index is 3150. The first-order valence-corrected chi connectivity index (χ1v) is 27.2. The highest BCUT2D eigenvalue weighted by Gasteiger charge is 2.19. The van der Waals surface area contributed by atoms with E-state index < -0.39 is 0 Å². The average Bonchev–Trinajstić information content (AvgIpc) is 4.30. The van der Waals surface area contributed by atoms with Gasteiger partial charge in [0.05, 0.1) is 24.2 Å². The third-order valence-corrected chi connectivity index (χ3v) is 14.2. The molecule has 0 amide bonds. The molecule has 0 unspecified atom stereocenters. The molecule has 0 spiro atoms. The normalized spacial score (nSPS) is 11.5. The van der Waals surface area contributed by atoms with Gasteiger partial charge >= 0.3 is 0 Å². The molecule has 9 nitrogen and oxygen atoms in total. The first kappa shape index (κ1) is 49.9. The van der Waals surface area contributed by atoms with Crippen LogP contribution in [0, 0.1) is 0 Å². The van der Waals surface area contributed by atoms with Gasteiger partial charge in [-0.3, -0.25) is 0 Å². The summed E-state index contributed by atoms with van der Waals surface area (Å²) < 4.78 is 32.4. The number of unbranched alkanes of at least 4 members (excludes halogenated alkanes) is 14. The fourth-order valence-corrected chi connectivity index (χ4v) is 9.93. The van der Waals surface area contributed by atoms with Crippen LogP contribution in [0.2, 0.25) is 0 Å². The molecule has 10 aromatic rings. The van der Waals surface area contributed by atoms with E-state index in [1.807, 2.05) is 72.8 Å². The molecule has 4 heterocycles. The Labute approximate surface area is 435 Å². The summed E-state index contributed by atoms with van der Waals surface area (Å²) in [5.74, 6) is 3.85. The minimum Gasteiger partial charge on any atom is -0.494 e. The lowest BCUT2D eigenvalue weighted by Gasteiger charge is -2.09. The SMILES string of the molecule is CCCCCCCCCCOc1ccc(-c2cc(-c3ccc4c(c3)c3cc(-c5cc(-c6ccc(OCCCCCCCCCC)cc6)no5)ccc3n4-c3ccc(-c4cc(-c5ccccc5)on4)cc3)on2)cc1. The average molecular weight is 985 g/mol. The molecule has 378 valence electrons. The van der Waals surface area contributed by atoms with E-state index in [4.69, 9.17) is 23.0 Å². The summed E-state index contributed by atoms with van der Waals surface area (Å²) in [7, 11) is 0. The molecule has 0 aliphatic rings. The summed E-state index contributed by atoms with van der Waals surface area (Å²) in [5.41, 5.74) is 11.2. The third-order valence-electron chi connectivity index (χ3n) is 14.2. The number of ether oxygens (including phenoxy) is 2. The summed E-state index contributed by atoms with van der Waals surface area (Å²) in [6.45, 7) is 5.99. The van der Waals surface area contributed by atoms with Crippen LogP contribution in [-0.4, -0.2) is 33.3 Å². The molecule has 10 rings (SSSR count). The van der Waals surface area contributed by atoms with Crippen LogP contribution in [0.3, 0.4) is 0 Å². The number of fused-ring (bicyclic) bond motifs is 3. The van der Waals surface area contributed by atoms with Gasteiger partial charge in [-0.25, -0.2) is 0 Å². The third kappa shape index (κ3) is 12.2. The van der Waals surface area contributed by atoms with E-state index in [1.54, 1.807) is 0 Å². The van der Waals surface area contributed by atoms with E-state index in [-0.39, 0.29) is 0 Å². The van der Waals surface area contributed by atoms with E-state index in [0.29, 0.717) is 11.5 Å². The largest absolute Gasteiger partial charge is 0.494 e. The second kappa shape index (κ2) is 24.9. The monoisotopic (exact) mass is 985 g/mol. The molecule has 4 aromatic heterocycles. The van der Waals surface area contributed by atoms with Crippen LogP contribution >= 0.6 is 0 Å². The molecular formula is C65H68N4O5. The van der Waals surface area contributed by atoms with E-state index in [2.05, 4.69) is 119 Å². The summed E-state index contributed by atoms with van der Waals surface area (Å²) in [4.78, 5) is 0. The number of benzene rings is 6. The van der Waals surface area contributed by atoms with Crippen molar-refractivity contribution in [2.45, 2.75) is 117 Å². The molecule has 0 fully saturated rings. The van der Waals surface area contributed by atoms with Gasteiger partial charge in [0.15, 0.2) is 17.3 Å². The van der Waals surface area contributed by atoms with Gasteiger partial charge in [0.25, 0.3) is 0 Å². The van der Waals surface area contributed by atoms with Crippen molar-refractivity contribution in [2.24, 2.45) is 0 Å².